The molecule has 1 atom stereocenters. The first-order valence-corrected chi connectivity index (χ1v) is 9.65. The van der Waals surface area contributed by atoms with Crippen molar-refractivity contribution in [2.24, 2.45) is 0 Å². The summed E-state index contributed by atoms with van der Waals surface area (Å²) in [5, 5.41) is 2.67. The standard InChI is InChI=1S/C21H23ClN2O5/c1-3-13-28-16-8-6-15(7-9-16)18(25)10-11-19(26)29-14(2)21(27)24-17-5-4-12-23-20(17)22/h4-9,12,14H,3,10-11,13H2,1-2H3,(H,24,27). The van der Waals surface area contributed by atoms with Gasteiger partial charge in [-0.1, -0.05) is 18.5 Å². The number of hydrogen-bond acceptors (Lipinski definition) is 6. The van der Waals surface area contributed by atoms with E-state index < -0.39 is 18.0 Å². The van der Waals surface area contributed by atoms with Crippen molar-refractivity contribution in [2.45, 2.75) is 39.2 Å². The van der Waals surface area contributed by atoms with Crippen LogP contribution in [0.25, 0.3) is 0 Å². The summed E-state index contributed by atoms with van der Waals surface area (Å²) in [7, 11) is 0. The minimum atomic E-state index is -1.04. The molecule has 154 valence electrons. The number of hydrogen-bond donors (Lipinski definition) is 1. The number of nitrogens with one attached hydrogen (secondary N) is 1. The van der Waals surface area contributed by atoms with Gasteiger partial charge in [0.2, 0.25) is 0 Å². The molecule has 0 radical (unpaired) electrons. The third-order valence-electron chi connectivity index (χ3n) is 3.90. The first kappa shape index (κ1) is 22.4. The Morgan fingerprint density at radius 1 is 1.14 bits per heavy atom. The molecule has 0 aliphatic rings. The number of esters is 1. The number of Topliss-reactive ketones (excluding diaryl/α,β-unsaturated/α-hetero) is 1. The van der Waals surface area contributed by atoms with Crippen LogP contribution in [0.5, 0.6) is 5.75 Å². The fourth-order valence-corrected chi connectivity index (χ4v) is 2.51. The molecule has 1 heterocycles. The van der Waals surface area contributed by atoms with Gasteiger partial charge in [0.05, 0.1) is 18.7 Å². The van der Waals surface area contributed by atoms with Crippen molar-refractivity contribution in [2.75, 3.05) is 11.9 Å². The van der Waals surface area contributed by atoms with E-state index in [1.165, 1.54) is 13.1 Å². The lowest BCUT2D eigenvalue weighted by Gasteiger charge is -2.13. The lowest BCUT2D eigenvalue weighted by Crippen LogP contribution is -2.30. The molecule has 1 unspecified atom stereocenters. The Morgan fingerprint density at radius 3 is 2.52 bits per heavy atom. The van der Waals surface area contributed by atoms with Crippen molar-refractivity contribution in [3.8, 4) is 5.75 Å². The zero-order chi connectivity index (χ0) is 21.2. The van der Waals surface area contributed by atoms with Crippen LogP contribution in [0.2, 0.25) is 5.15 Å². The van der Waals surface area contributed by atoms with Crippen LogP contribution < -0.4 is 10.1 Å². The van der Waals surface area contributed by atoms with Crippen LogP contribution >= 0.6 is 11.6 Å². The zero-order valence-corrected chi connectivity index (χ0v) is 17.1. The van der Waals surface area contributed by atoms with E-state index in [0.717, 1.165) is 6.42 Å². The molecular formula is C21H23ClN2O5. The number of pyridine rings is 1. The molecule has 29 heavy (non-hydrogen) atoms. The topological polar surface area (TPSA) is 94.6 Å². The number of nitrogens with zero attached hydrogens (tertiary/aromatic N) is 1. The Labute approximate surface area is 174 Å². The summed E-state index contributed by atoms with van der Waals surface area (Å²) >= 11 is 5.88. The summed E-state index contributed by atoms with van der Waals surface area (Å²) in [6, 6.07) is 9.96. The number of halogens is 1. The third-order valence-corrected chi connectivity index (χ3v) is 4.20. The second-order valence-electron chi connectivity index (χ2n) is 6.26. The Kier molecular flexibility index (Phi) is 8.61. The number of carbonyl (C=O) groups excluding carboxylic acids is 3. The maximum atomic E-state index is 12.2. The molecule has 0 spiro atoms. The second kappa shape index (κ2) is 11.2. The number of anilines is 1. The normalized spacial score (nSPS) is 11.4. The average molecular weight is 419 g/mol. The van der Waals surface area contributed by atoms with Gasteiger partial charge in [-0.05, 0) is 49.7 Å². The van der Waals surface area contributed by atoms with Gasteiger partial charge >= 0.3 is 5.97 Å². The van der Waals surface area contributed by atoms with Crippen LogP contribution in [-0.4, -0.2) is 35.4 Å². The summed E-state index contributed by atoms with van der Waals surface area (Å²) in [4.78, 5) is 40.2. The van der Waals surface area contributed by atoms with Crippen molar-refractivity contribution in [1.29, 1.82) is 0 Å². The van der Waals surface area contributed by atoms with E-state index in [2.05, 4.69) is 10.3 Å². The molecule has 0 bridgehead atoms. The van der Waals surface area contributed by atoms with E-state index in [9.17, 15) is 14.4 Å². The van der Waals surface area contributed by atoms with E-state index >= 15 is 0 Å². The molecule has 1 amide bonds. The molecule has 8 heteroatoms. The predicted octanol–water partition coefficient (Wildman–Crippen LogP) is 4.06. The first-order chi connectivity index (χ1) is 13.9. The van der Waals surface area contributed by atoms with E-state index in [4.69, 9.17) is 21.1 Å². The van der Waals surface area contributed by atoms with E-state index in [1.54, 1.807) is 36.4 Å². The number of ketones is 1. The van der Waals surface area contributed by atoms with Gasteiger partial charge in [-0.2, -0.15) is 0 Å². The largest absolute Gasteiger partial charge is 0.494 e. The smallest absolute Gasteiger partial charge is 0.307 e. The molecule has 0 fully saturated rings. The molecule has 1 aromatic heterocycles. The van der Waals surface area contributed by atoms with Gasteiger partial charge in [0.15, 0.2) is 17.0 Å². The summed E-state index contributed by atoms with van der Waals surface area (Å²) < 4.78 is 10.6. The fourth-order valence-electron chi connectivity index (χ4n) is 2.34. The van der Waals surface area contributed by atoms with E-state index in [0.29, 0.717) is 23.6 Å². The molecule has 2 rings (SSSR count). The highest BCUT2D eigenvalue weighted by molar-refractivity contribution is 6.32. The van der Waals surface area contributed by atoms with Crippen LogP contribution in [-0.2, 0) is 14.3 Å². The fraction of sp³-hybridized carbons (Fsp3) is 0.333. The molecule has 0 aliphatic heterocycles. The molecule has 1 N–H and O–H groups in total. The lowest BCUT2D eigenvalue weighted by atomic mass is 10.1. The molecule has 7 nitrogen and oxygen atoms in total. The number of benzene rings is 1. The summed E-state index contributed by atoms with van der Waals surface area (Å²) in [5.74, 6) is -0.678. The SMILES string of the molecule is CCCOc1ccc(C(=O)CCC(=O)OC(C)C(=O)Nc2cccnc2Cl)cc1. The van der Waals surface area contributed by atoms with Gasteiger partial charge in [0, 0.05) is 18.2 Å². The predicted molar refractivity (Wildman–Crippen MR) is 109 cm³/mol. The maximum Gasteiger partial charge on any atom is 0.307 e. The van der Waals surface area contributed by atoms with Crippen molar-refractivity contribution < 1.29 is 23.9 Å². The van der Waals surface area contributed by atoms with Crippen molar-refractivity contribution >= 4 is 34.9 Å². The van der Waals surface area contributed by atoms with Crippen molar-refractivity contribution in [1.82, 2.24) is 4.98 Å². The molecular weight excluding hydrogens is 396 g/mol. The van der Waals surface area contributed by atoms with Gasteiger partial charge < -0.3 is 14.8 Å². The molecule has 0 aliphatic carbocycles. The third kappa shape index (κ3) is 7.19. The highest BCUT2D eigenvalue weighted by Crippen LogP contribution is 2.18. The Morgan fingerprint density at radius 2 is 1.86 bits per heavy atom. The Bertz CT molecular complexity index is 854. The van der Waals surface area contributed by atoms with Gasteiger partial charge in [-0.15, -0.1) is 0 Å². The minimum Gasteiger partial charge on any atom is -0.494 e. The minimum absolute atomic E-state index is 0.0171. The average Bonchev–Trinajstić information content (AvgIpc) is 2.72. The number of aromatic nitrogens is 1. The van der Waals surface area contributed by atoms with Crippen molar-refractivity contribution in [3.63, 3.8) is 0 Å². The van der Waals surface area contributed by atoms with E-state index in [1.807, 2.05) is 6.92 Å². The highest BCUT2D eigenvalue weighted by Gasteiger charge is 2.19. The van der Waals surface area contributed by atoms with Crippen LogP contribution in [0.3, 0.4) is 0 Å². The molecule has 1 aromatic carbocycles. The molecule has 0 saturated heterocycles. The van der Waals surface area contributed by atoms with Gasteiger partial charge in [-0.25, -0.2) is 4.98 Å². The quantitative estimate of drug-likeness (QED) is 0.355. The summed E-state index contributed by atoms with van der Waals surface area (Å²) in [6.45, 7) is 4.06. The first-order valence-electron chi connectivity index (χ1n) is 9.27. The lowest BCUT2D eigenvalue weighted by molar-refractivity contribution is -0.153. The molecule has 2 aromatic rings. The van der Waals surface area contributed by atoms with Crippen LogP contribution in [0.1, 0.15) is 43.5 Å². The van der Waals surface area contributed by atoms with Crippen LogP contribution in [0.15, 0.2) is 42.6 Å². The summed E-state index contributed by atoms with van der Waals surface area (Å²) in [6.07, 6.45) is 1.21. The molecule has 0 saturated carbocycles. The summed E-state index contributed by atoms with van der Waals surface area (Å²) in [5.41, 5.74) is 0.808. The van der Waals surface area contributed by atoms with Gasteiger partial charge in [0.25, 0.3) is 5.91 Å². The number of carbonyl (C=O) groups is 3. The maximum absolute atomic E-state index is 12.2. The van der Waals surface area contributed by atoms with Crippen LogP contribution in [0.4, 0.5) is 5.69 Å². The Balaban J connectivity index is 1.78. The zero-order valence-electron chi connectivity index (χ0n) is 16.3. The monoisotopic (exact) mass is 418 g/mol. The van der Waals surface area contributed by atoms with Gasteiger partial charge in [0.1, 0.15) is 5.75 Å². The number of ether oxygens (including phenoxy) is 2. The number of rotatable bonds is 10. The Hall–Kier alpha value is -2.93. The van der Waals surface area contributed by atoms with Gasteiger partial charge in [-0.3, -0.25) is 14.4 Å². The highest BCUT2D eigenvalue weighted by atomic mass is 35.5. The number of amides is 1. The van der Waals surface area contributed by atoms with E-state index in [-0.39, 0.29) is 23.8 Å². The van der Waals surface area contributed by atoms with Crippen LogP contribution in [0, 0.1) is 0 Å². The van der Waals surface area contributed by atoms with Crippen molar-refractivity contribution in [3.05, 3.63) is 53.3 Å². The second-order valence-corrected chi connectivity index (χ2v) is 6.62.